The SMILES string of the molecule is N#[N+]c1ccc(N2CCCCCC2)cc1S(=O)(=O)Cc1ccccc1Cl. The summed E-state index contributed by atoms with van der Waals surface area (Å²) in [5.74, 6) is -0.237. The van der Waals surface area contributed by atoms with E-state index >= 15 is 0 Å². The maximum atomic E-state index is 13.0. The van der Waals surface area contributed by atoms with Crippen LogP contribution < -0.4 is 4.90 Å². The summed E-state index contributed by atoms with van der Waals surface area (Å²) in [6, 6.07) is 11.8. The largest absolute Gasteiger partial charge is 0.403 e. The Morgan fingerprint density at radius 2 is 1.73 bits per heavy atom. The molecule has 0 bridgehead atoms. The molecule has 0 radical (unpaired) electrons. The van der Waals surface area contributed by atoms with Crippen LogP contribution in [0.1, 0.15) is 31.2 Å². The average molecular weight is 391 g/mol. The Balaban J connectivity index is 1.98. The summed E-state index contributed by atoms with van der Waals surface area (Å²) in [5, 5.41) is 9.67. The zero-order valence-corrected chi connectivity index (χ0v) is 16.0. The minimum Gasteiger partial charge on any atom is -0.371 e. The zero-order chi connectivity index (χ0) is 18.6. The van der Waals surface area contributed by atoms with Crippen molar-refractivity contribution >= 4 is 32.8 Å². The van der Waals surface area contributed by atoms with E-state index < -0.39 is 9.84 Å². The van der Waals surface area contributed by atoms with Crippen LogP contribution in [-0.2, 0) is 15.6 Å². The van der Waals surface area contributed by atoms with Gasteiger partial charge in [0.15, 0.2) is 19.7 Å². The van der Waals surface area contributed by atoms with Crippen molar-refractivity contribution in [2.75, 3.05) is 18.0 Å². The Hall–Kier alpha value is -2.10. The van der Waals surface area contributed by atoms with Crippen LogP contribution >= 0.6 is 11.6 Å². The third-order valence-electron chi connectivity index (χ3n) is 4.66. The van der Waals surface area contributed by atoms with Gasteiger partial charge in [0.25, 0.3) is 0 Å². The van der Waals surface area contributed by atoms with Crippen LogP contribution in [-0.4, -0.2) is 21.5 Å². The molecule has 2 aromatic rings. The van der Waals surface area contributed by atoms with E-state index in [0.717, 1.165) is 31.6 Å². The molecule has 7 heteroatoms. The van der Waals surface area contributed by atoms with E-state index in [0.29, 0.717) is 10.6 Å². The monoisotopic (exact) mass is 390 g/mol. The van der Waals surface area contributed by atoms with Crippen LogP contribution in [0.3, 0.4) is 0 Å². The highest BCUT2D eigenvalue weighted by atomic mass is 35.5. The summed E-state index contributed by atoms with van der Waals surface area (Å²) in [6.45, 7) is 1.80. The third kappa shape index (κ3) is 4.17. The molecular weight excluding hydrogens is 370 g/mol. The van der Waals surface area contributed by atoms with Gasteiger partial charge in [-0.25, -0.2) is 8.42 Å². The number of halogens is 1. The van der Waals surface area contributed by atoms with E-state index in [-0.39, 0.29) is 16.3 Å². The first-order valence-electron chi connectivity index (χ1n) is 8.71. The lowest BCUT2D eigenvalue weighted by molar-refractivity contribution is 0.595. The molecule has 0 aromatic heterocycles. The van der Waals surface area contributed by atoms with E-state index in [9.17, 15) is 13.8 Å². The predicted octanol–water partition coefficient (Wildman–Crippen LogP) is 5.18. The molecular formula is C19H21ClN3O2S+. The fourth-order valence-electron chi connectivity index (χ4n) is 3.26. The van der Waals surface area contributed by atoms with E-state index in [1.54, 1.807) is 36.4 Å². The molecule has 3 rings (SSSR count). The molecule has 0 N–H and O–H groups in total. The zero-order valence-electron chi connectivity index (χ0n) is 14.4. The van der Waals surface area contributed by atoms with Gasteiger partial charge in [-0.2, -0.15) is 0 Å². The van der Waals surface area contributed by atoms with Crippen molar-refractivity contribution in [3.63, 3.8) is 0 Å². The molecule has 1 heterocycles. The van der Waals surface area contributed by atoms with E-state index in [2.05, 4.69) is 9.88 Å². The van der Waals surface area contributed by atoms with Crippen LogP contribution in [0.25, 0.3) is 4.98 Å². The lowest BCUT2D eigenvalue weighted by Crippen LogP contribution is -2.24. The normalized spacial score (nSPS) is 15.3. The molecule has 26 heavy (non-hydrogen) atoms. The Labute approximate surface area is 159 Å². The van der Waals surface area contributed by atoms with Gasteiger partial charge in [0.1, 0.15) is 0 Å². The van der Waals surface area contributed by atoms with E-state index in [1.807, 2.05) is 6.07 Å². The topological polar surface area (TPSA) is 65.5 Å². The van der Waals surface area contributed by atoms with Gasteiger partial charge in [0.05, 0.1) is 5.75 Å². The molecule has 0 amide bonds. The molecule has 0 unspecified atom stereocenters. The summed E-state index contributed by atoms with van der Waals surface area (Å²) < 4.78 is 26.0. The van der Waals surface area contributed by atoms with Gasteiger partial charge in [-0.15, -0.1) is 0 Å². The third-order valence-corrected chi connectivity index (χ3v) is 6.72. The maximum Gasteiger partial charge on any atom is 0.403 e. The number of benzene rings is 2. The highest BCUT2D eigenvalue weighted by molar-refractivity contribution is 7.90. The first-order chi connectivity index (χ1) is 12.5. The number of hydrogen-bond acceptors (Lipinski definition) is 4. The van der Waals surface area contributed by atoms with Crippen molar-refractivity contribution in [2.24, 2.45) is 0 Å². The minimum atomic E-state index is -3.71. The molecule has 1 fully saturated rings. The fraction of sp³-hybridized carbons (Fsp3) is 0.368. The molecule has 136 valence electrons. The Morgan fingerprint density at radius 1 is 1.04 bits per heavy atom. The van der Waals surface area contributed by atoms with Crippen LogP contribution in [0.4, 0.5) is 11.4 Å². The van der Waals surface area contributed by atoms with Crippen molar-refractivity contribution < 1.29 is 8.42 Å². The Kier molecular flexibility index (Phi) is 5.80. The highest BCUT2D eigenvalue weighted by Crippen LogP contribution is 2.33. The van der Waals surface area contributed by atoms with Gasteiger partial charge < -0.3 is 4.90 Å². The summed E-state index contributed by atoms with van der Waals surface area (Å²) in [5.41, 5.74) is 1.42. The number of rotatable bonds is 4. The van der Waals surface area contributed by atoms with Crippen molar-refractivity contribution in [3.8, 4) is 0 Å². The maximum absolute atomic E-state index is 13.0. The molecule has 1 saturated heterocycles. The van der Waals surface area contributed by atoms with Gasteiger partial charge >= 0.3 is 5.69 Å². The number of anilines is 1. The van der Waals surface area contributed by atoms with Gasteiger partial charge in [-0.1, -0.05) is 42.6 Å². The summed E-state index contributed by atoms with van der Waals surface area (Å²) in [7, 11) is -3.71. The molecule has 0 saturated carbocycles. The number of diazo groups is 1. The van der Waals surface area contributed by atoms with Crippen molar-refractivity contribution in [3.05, 3.63) is 58.0 Å². The van der Waals surface area contributed by atoms with Crippen molar-refractivity contribution in [1.82, 2.24) is 0 Å². The quantitative estimate of drug-likeness (QED) is 0.674. The smallest absolute Gasteiger partial charge is 0.371 e. The molecule has 0 aliphatic carbocycles. The number of hydrogen-bond donors (Lipinski definition) is 0. The molecule has 5 nitrogen and oxygen atoms in total. The summed E-state index contributed by atoms with van der Waals surface area (Å²) >= 11 is 6.12. The van der Waals surface area contributed by atoms with Gasteiger partial charge in [0, 0.05) is 29.9 Å². The number of nitrogens with zero attached hydrogens (tertiary/aromatic N) is 3. The van der Waals surface area contributed by atoms with Crippen LogP contribution in [0.2, 0.25) is 5.02 Å². The van der Waals surface area contributed by atoms with Crippen molar-refractivity contribution in [2.45, 2.75) is 36.3 Å². The number of sulfone groups is 1. The minimum absolute atomic E-state index is 0.0293. The second kappa shape index (κ2) is 8.07. The highest BCUT2D eigenvalue weighted by Gasteiger charge is 2.28. The molecule has 0 atom stereocenters. The molecule has 1 aliphatic heterocycles. The van der Waals surface area contributed by atoms with Crippen LogP contribution in [0, 0.1) is 5.39 Å². The van der Waals surface area contributed by atoms with Gasteiger partial charge in [0.2, 0.25) is 5.39 Å². The molecule has 0 spiro atoms. The standard InChI is InChI=1S/C19H21ClN3O2S/c20-17-8-4-3-7-15(17)14-26(24,25)19-13-16(9-10-18(19)22-21)23-11-5-1-2-6-12-23/h3-4,7-10,13H,1-2,5-6,11-12,14H2/q+1. The van der Waals surface area contributed by atoms with Crippen LogP contribution in [0.5, 0.6) is 0 Å². The lowest BCUT2D eigenvalue weighted by Gasteiger charge is -2.22. The fourth-order valence-corrected chi connectivity index (χ4v) is 5.08. The van der Waals surface area contributed by atoms with Crippen LogP contribution in [0.15, 0.2) is 47.4 Å². The Bertz CT molecular complexity index is 930. The first kappa shape index (κ1) is 18.7. The Morgan fingerprint density at radius 3 is 2.38 bits per heavy atom. The van der Waals surface area contributed by atoms with Gasteiger partial charge in [-0.3, -0.25) is 0 Å². The molecule has 1 aliphatic rings. The average Bonchev–Trinajstić information content (AvgIpc) is 2.92. The predicted molar refractivity (Wildman–Crippen MR) is 104 cm³/mol. The second-order valence-electron chi connectivity index (χ2n) is 6.50. The summed E-state index contributed by atoms with van der Waals surface area (Å²) in [6.07, 6.45) is 4.57. The second-order valence-corrected chi connectivity index (χ2v) is 8.87. The van der Waals surface area contributed by atoms with E-state index in [4.69, 9.17) is 11.6 Å². The first-order valence-corrected chi connectivity index (χ1v) is 10.7. The van der Waals surface area contributed by atoms with Crippen molar-refractivity contribution in [1.29, 1.82) is 5.39 Å². The summed E-state index contributed by atoms with van der Waals surface area (Å²) in [4.78, 5) is 5.40. The van der Waals surface area contributed by atoms with E-state index in [1.165, 1.54) is 12.8 Å². The lowest BCUT2D eigenvalue weighted by atomic mass is 10.2. The molecule has 2 aromatic carbocycles. The van der Waals surface area contributed by atoms with Gasteiger partial charge in [-0.05, 0) is 36.6 Å².